The Labute approximate surface area is 212 Å². The molecule has 2 aromatic carbocycles. The molecule has 0 aliphatic heterocycles. The Morgan fingerprint density at radius 1 is 0.971 bits per heavy atom. The van der Waals surface area contributed by atoms with Crippen LogP contribution in [0.5, 0.6) is 5.75 Å². The Morgan fingerprint density at radius 3 is 2.29 bits per heavy atom. The fourth-order valence-corrected chi connectivity index (χ4v) is 4.70. The number of amides is 1. The zero-order valence-electron chi connectivity index (χ0n) is 20.7. The lowest BCUT2D eigenvalue weighted by atomic mass is 10.0. The van der Waals surface area contributed by atoms with Crippen molar-refractivity contribution in [3.63, 3.8) is 0 Å². The van der Waals surface area contributed by atoms with Crippen LogP contribution in [0.25, 0.3) is 0 Å². The zero-order valence-corrected chi connectivity index (χ0v) is 22.5. The molecule has 0 saturated carbocycles. The molecule has 6 nitrogen and oxygen atoms in total. The smallest absolute Gasteiger partial charge is 0.331 e. The van der Waals surface area contributed by atoms with Crippen molar-refractivity contribution < 1.29 is 23.9 Å². The van der Waals surface area contributed by atoms with Gasteiger partial charge < -0.3 is 9.47 Å². The van der Waals surface area contributed by atoms with Crippen LogP contribution in [0.2, 0.25) is 25.7 Å². The van der Waals surface area contributed by atoms with Crippen molar-refractivity contribution in [3.05, 3.63) is 88.1 Å². The number of hydrogen-bond donors (Lipinski definition) is 0. The molecule has 8 heteroatoms. The van der Waals surface area contributed by atoms with Crippen LogP contribution < -0.4 is 4.74 Å². The van der Waals surface area contributed by atoms with Gasteiger partial charge in [-0.2, -0.15) is 11.3 Å². The molecular weight excluding hydrogens is 478 g/mol. The van der Waals surface area contributed by atoms with Crippen LogP contribution in [-0.2, 0) is 27.4 Å². The van der Waals surface area contributed by atoms with Gasteiger partial charge in [-0.25, -0.2) is 9.86 Å². The molecule has 1 amide bonds. The fourth-order valence-electron chi connectivity index (χ4n) is 3.34. The molecule has 186 valence electrons. The molecule has 1 atom stereocenters. The average molecular weight is 512 g/mol. The van der Waals surface area contributed by atoms with Crippen molar-refractivity contribution in [1.29, 1.82) is 0 Å². The van der Waals surface area contributed by atoms with E-state index in [-0.39, 0.29) is 6.42 Å². The molecule has 35 heavy (non-hydrogen) atoms. The van der Waals surface area contributed by atoms with Gasteiger partial charge in [0.25, 0.3) is 5.91 Å². The lowest BCUT2D eigenvalue weighted by Crippen LogP contribution is -2.47. The molecule has 1 heterocycles. The Bertz CT molecular complexity index is 1070. The molecule has 1 unspecified atom stereocenters. The molecule has 0 fully saturated rings. The summed E-state index contributed by atoms with van der Waals surface area (Å²) in [6.07, 6.45) is 0.286. The van der Waals surface area contributed by atoms with E-state index in [1.807, 2.05) is 47.2 Å². The van der Waals surface area contributed by atoms with Gasteiger partial charge in [0, 0.05) is 20.1 Å². The second kappa shape index (κ2) is 12.7. The number of thiophene rings is 1. The van der Waals surface area contributed by atoms with Crippen LogP contribution in [0.3, 0.4) is 0 Å². The van der Waals surface area contributed by atoms with Crippen LogP contribution in [0, 0.1) is 0 Å². The van der Waals surface area contributed by atoms with E-state index in [0.29, 0.717) is 24.5 Å². The number of hydroxylamine groups is 2. The maximum Gasteiger partial charge on any atom is 0.331 e. The molecule has 0 saturated heterocycles. The van der Waals surface area contributed by atoms with Gasteiger partial charge in [0.2, 0.25) is 0 Å². The summed E-state index contributed by atoms with van der Waals surface area (Å²) >= 11 is 1.62. The van der Waals surface area contributed by atoms with Crippen molar-refractivity contribution in [2.45, 2.75) is 44.8 Å². The predicted octanol–water partition coefficient (Wildman–Crippen LogP) is 5.82. The first-order chi connectivity index (χ1) is 16.8. The highest BCUT2D eigenvalue weighted by atomic mass is 32.1. The first-order valence-electron chi connectivity index (χ1n) is 11.6. The molecule has 3 aromatic rings. The third-order valence-corrected chi connectivity index (χ3v) is 7.83. The number of ether oxygens (including phenoxy) is 2. The highest BCUT2D eigenvalue weighted by Gasteiger charge is 2.33. The minimum atomic E-state index is -1.42. The van der Waals surface area contributed by atoms with E-state index in [4.69, 9.17) is 14.3 Å². The van der Waals surface area contributed by atoms with E-state index in [1.165, 1.54) is 12.2 Å². The third kappa shape index (κ3) is 8.34. The quantitative estimate of drug-likeness (QED) is 0.174. The second-order valence-electron chi connectivity index (χ2n) is 9.45. The standard InChI is InChI=1S/C27H33NO5SSi/c1-31-27(30)25(18-21-8-6-5-7-9-21)28(33-15-17-35(2,3)4)26(29)23-10-12-24(13-11-23)32-19-22-14-16-34-20-22/h5-14,16,20,25H,15,17-19H2,1-4H3. The Kier molecular flexibility index (Phi) is 9.65. The SMILES string of the molecule is COC(=O)C(Cc1ccccc1)N(OCC[Si](C)(C)C)C(=O)c1ccc(OCc2ccsc2)cc1. The number of methoxy groups -OCH3 is 1. The van der Waals surface area contributed by atoms with Gasteiger partial charge in [-0.05, 0) is 58.3 Å². The van der Waals surface area contributed by atoms with Crippen molar-refractivity contribution in [1.82, 2.24) is 5.06 Å². The fraction of sp³-hybridized carbons (Fsp3) is 0.333. The molecule has 0 aliphatic carbocycles. The second-order valence-corrected chi connectivity index (χ2v) is 15.8. The highest BCUT2D eigenvalue weighted by Crippen LogP contribution is 2.20. The number of carbonyl (C=O) groups excluding carboxylic acids is 2. The normalized spacial score (nSPS) is 12.1. The van der Waals surface area contributed by atoms with Crippen LogP contribution in [0.1, 0.15) is 21.5 Å². The van der Waals surface area contributed by atoms with Crippen molar-refractivity contribution in [2.24, 2.45) is 0 Å². The van der Waals surface area contributed by atoms with E-state index < -0.39 is 26.0 Å². The van der Waals surface area contributed by atoms with Crippen LogP contribution in [-0.4, -0.2) is 44.8 Å². The van der Waals surface area contributed by atoms with E-state index in [9.17, 15) is 9.59 Å². The number of hydrogen-bond acceptors (Lipinski definition) is 6. The highest BCUT2D eigenvalue weighted by molar-refractivity contribution is 7.07. The summed E-state index contributed by atoms with van der Waals surface area (Å²) in [6, 6.07) is 18.4. The Balaban J connectivity index is 1.80. The number of rotatable bonds is 12. The number of benzene rings is 2. The van der Waals surface area contributed by atoms with Crippen LogP contribution in [0.4, 0.5) is 0 Å². The Morgan fingerprint density at radius 2 is 1.69 bits per heavy atom. The van der Waals surface area contributed by atoms with Gasteiger partial charge in [-0.15, -0.1) is 0 Å². The van der Waals surface area contributed by atoms with Gasteiger partial charge in [0.15, 0.2) is 6.04 Å². The zero-order chi connectivity index (χ0) is 25.3. The van der Waals surface area contributed by atoms with E-state index in [2.05, 4.69) is 19.6 Å². The molecule has 3 rings (SSSR count). The lowest BCUT2D eigenvalue weighted by molar-refractivity contribution is -0.176. The summed E-state index contributed by atoms with van der Waals surface area (Å²) in [7, 11) is -0.0930. The Hall–Kier alpha value is -2.94. The minimum absolute atomic E-state index is 0.286. The molecule has 1 aromatic heterocycles. The monoisotopic (exact) mass is 511 g/mol. The van der Waals surface area contributed by atoms with Crippen LogP contribution >= 0.6 is 11.3 Å². The van der Waals surface area contributed by atoms with Gasteiger partial charge in [-0.1, -0.05) is 50.0 Å². The van der Waals surface area contributed by atoms with Gasteiger partial charge in [0.05, 0.1) is 13.7 Å². The average Bonchev–Trinajstić information content (AvgIpc) is 3.37. The summed E-state index contributed by atoms with van der Waals surface area (Å²) in [5, 5.41) is 5.23. The summed E-state index contributed by atoms with van der Waals surface area (Å²) in [5.41, 5.74) is 2.41. The molecule has 0 N–H and O–H groups in total. The first-order valence-corrected chi connectivity index (χ1v) is 16.2. The minimum Gasteiger partial charge on any atom is -0.489 e. The third-order valence-electron chi connectivity index (χ3n) is 5.40. The molecule has 0 radical (unpaired) electrons. The van der Waals surface area contributed by atoms with Gasteiger partial charge in [-0.3, -0.25) is 9.63 Å². The topological polar surface area (TPSA) is 65.1 Å². The molecule has 0 spiro atoms. The summed E-state index contributed by atoms with van der Waals surface area (Å²) in [5.74, 6) is -0.255. The molecular formula is C27H33NO5SSi. The maximum atomic E-state index is 13.6. The van der Waals surface area contributed by atoms with Crippen molar-refractivity contribution in [3.8, 4) is 5.75 Å². The van der Waals surface area contributed by atoms with E-state index in [1.54, 1.807) is 35.6 Å². The summed E-state index contributed by atoms with van der Waals surface area (Å²) < 4.78 is 10.9. The van der Waals surface area contributed by atoms with E-state index >= 15 is 0 Å². The van der Waals surface area contributed by atoms with Crippen molar-refractivity contribution >= 4 is 31.3 Å². The number of esters is 1. The van der Waals surface area contributed by atoms with Gasteiger partial charge in [0.1, 0.15) is 12.4 Å². The lowest BCUT2D eigenvalue weighted by Gasteiger charge is -2.30. The van der Waals surface area contributed by atoms with Crippen molar-refractivity contribution in [2.75, 3.05) is 13.7 Å². The molecule has 0 bridgehead atoms. The van der Waals surface area contributed by atoms with Crippen LogP contribution in [0.15, 0.2) is 71.4 Å². The van der Waals surface area contributed by atoms with E-state index in [0.717, 1.165) is 17.2 Å². The maximum absolute atomic E-state index is 13.6. The van der Waals surface area contributed by atoms with Gasteiger partial charge >= 0.3 is 5.97 Å². The largest absolute Gasteiger partial charge is 0.489 e. The first kappa shape index (κ1) is 26.7. The molecule has 0 aliphatic rings. The number of carbonyl (C=O) groups is 2. The summed E-state index contributed by atoms with van der Waals surface area (Å²) in [6.45, 7) is 7.52. The summed E-state index contributed by atoms with van der Waals surface area (Å²) in [4.78, 5) is 32.4. The number of nitrogens with zero attached hydrogens (tertiary/aromatic N) is 1. The predicted molar refractivity (Wildman–Crippen MR) is 141 cm³/mol.